The number of hydrogen-bond donors (Lipinski definition) is 4. The van der Waals surface area contributed by atoms with Gasteiger partial charge in [0.15, 0.2) is 6.04 Å². The van der Waals surface area contributed by atoms with Crippen molar-refractivity contribution in [1.29, 1.82) is 0 Å². The Kier molecular flexibility index (Phi) is 4.28. The quantitative estimate of drug-likeness (QED) is 0.616. The molecule has 0 bridgehead atoms. The average molecular weight is 253 g/mol. The second kappa shape index (κ2) is 5.50. The van der Waals surface area contributed by atoms with Gasteiger partial charge in [-0.2, -0.15) is 0 Å². The maximum absolute atomic E-state index is 11.8. The molecule has 0 aliphatic heterocycles. The number of carbonyl (C=O) groups is 2. The largest absolute Gasteiger partial charge is 0.507 e. The highest BCUT2D eigenvalue weighted by Crippen LogP contribution is 2.18. The Morgan fingerprint density at radius 1 is 1.33 bits per heavy atom. The maximum Gasteiger partial charge on any atom is 0.328 e. The Morgan fingerprint density at radius 3 is 2.44 bits per heavy atom. The third-order valence-electron chi connectivity index (χ3n) is 2.43. The van der Waals surface area contributed by atoms with Crippen LogP contribution in [0.25, 0.3) is 0 Å². The molecular formula is C12H15NO5. The van der Waals surface area contributed by atoms with Gasteiger partial charge < -0.3 is 20.6 Å². The van der Waals surface area contributed by atoms with Gasteiger partial charge in [0.2, 0.25) is 0 Å². The molecule has 6 nitrogen and oxygen atoms in total. The number of aromatic hydroxyl groups is 1. The number of aliphatic carboxylic acids is 1. The van der Waals surface area contributed by atoms with E-state index in [1.54, 1.807) is 13.0 Å². The van der Waals surface area contributed by atoms with E-state index < -0.39 is 24.0 Å². The van der Waals surface area contributed by atoms with Gasteiger partial charge in [-0.1, -0.05) is 11.6 Å². The minimum absolute atomic E-state index is 0.0260. The highest BCUT2D eigenvalue weighted by Gasteiger charge is 2.26. The van der Waals surface area contributed by atoms with Crippen molar-refractivity contribution in [1.82, 2.24) is 5.32 Å². The molecule has 98 valence electrons. The number of benzene rings is 1. The molecular weight excluding hydrogens is 238 g/mol. The highest BCUT2D eigenvalue weighted by molar-refractivity contribution is 5.99. The van der Waals surface area contributed by atoms with Gasteiger partial charge in [0, 0.05) is 0 Å². The molecule has 0 saturated heterocycles. The second-order valence-corrected chi connectivity index (χ2v) is 4.05. The van der Waals surface area contributed by atoms with Gasteiger partial charge in [-0.3, -0.25) is 4.79 Å². The molecule has 18 heavy (non-hydrogen) atoms. The summed E-state index contributed by atoms with van der Waals surface area (Å²) in [4.78, 5) is 22.6. The van der Waals surface area contributed by atoms with Crippen LogP contribution >= 0.6 is 0 Å². The lowest BCUT2D eigenvalue weighted by Gasteiger charge is -2.17. The fourth-order valence-electron chi connectivity index (χ4n) is 1.44. The van der Waals surface area contributed by atoms with Crippen LogP contribution in [0.2, 0.25) is 0 Å². The van der Waals surface area contributed by atoms with Crippen molar-refractivity contribution in [2.45, 2.75) is 26.0 Å². The van der Waals surface area contributed by atoms with E-state index in [9.17, 15) is 19.8 Å². The van der Waals surface area contributed by atoms with Gasteiger partial charge in [0.25, 0.3) is 5.91 Å². The number of amides is 1. The molecule has 2 unspecified atom stereocenters. The predicted octanol–water partition coefficient (Wildman–Crippen LogP) is 0.264. The molecule has 2 atom stereocenters. The molecule has 4 N–H and O–H groups in total. The molecule has 1 rings (SSSR count). The summed E-state index contributed by atoms with van der Waals surface area (Å²) in [6.07, 6.45) is -1.24. The van der Waals surface area contributed by atoms with Crippen molar-refractivity contribution in [3.8, 4) is 5.75 Å². The van der Waals surface area contributed by atoms with E-state index in [-0.39, 0.29) is 11.3 Å². The molecule has 0 aliphatic rings. The van der Waals surface area contributed by atoms with Crippen molar-refractivity contribution < 1.29 is 24.9 Å². The molecule has 0 heterocycles. The summed E-state index contributed by atoms with van der Waals surface area (Å²) in [5.41, 5.74) is 0.726. The number of aliphatic hydroxyl groups excluding tert-OH is 1. The molecule has 0 fully saturated rings. The summed E-state index contributed by atoms with van der Waals surface area (Å²) in [5.74, 6) is -2.33. The first kappa shape index (κ1) is 14.0. The van der Waals surface area contributed by atoms with Gasteiger partial charge in [-0.05, 0) is 26.0 Å². The summed E-state index contributed by atoms with van der Waals surface area (Å²) < 4.78 is 0. The molecule has 0 saturated carbocycles. The Balaban J connectivity index is 2.94. The van der Waals surface area contributed by atoms with Gasteiger partial charge in [0.1, 0.15) is 5.75 Å². The van der Waals surface area contributed by atoms with E-state index in [1.807, 2.05) is 0 Å². The van der Waals surface area contributed by atoms with Crippen LogP contribution in [0.4, 0.5) is 0 Å². The first-order valence-corrected chi connectivity index (χ1v) is 5.34. The number of nitrogens with one attached hydrogen (secondary N) is 1. The molecule has 1 aromatic rings. The van der Waals surface area contributed by atoms with Gasteiger partial charge in [-0.25, -0.2) is 4.79 Å². The van der Waals surface area contributed by atoms with Crippen molar-refractivity contribution in [2.24, 2.45) is 0 Å². The van der Waals surface area contributed by atoms with Crippen LogP contribution in [0.3, 0.4) is 0 Å². The van der Waals surface area contributed by atoms with Crippen LogP contribution in [0.15, 0.2) is 18.2 Å². The predicted molar refractivity (Wildman–Crippen MR) is 63.4 cm³/mol. The first-order valence-electron chi connectivity index (χ1n) is 5.34. The lowest BCUT2D eigenvalue weighted by atomic mass is 10.1. The van der Waals surface area contributed by atoms with Crippen LogP contribution in [0, 0.1) is 6.92 Å². The van der Waals surface area contributed by atoms with E-state index in [1.165, 1.54) is 19.1 Å². The number of carboxylic acids is 1. The fourth-order valence-corrected chi connectivity index (χ4v) is 1.44. The molecule has 0 spiro atoms. The lowest BCUT2D eigenvalue weighted by Crippen LogP contribution is -2.47. The van der Waals surface area contributed by atoms with Crippen molar-refractivity contribution in [3.63, 3.8) is 0 Å². The average Bonchev–Trinajstić information content (AvgIpc) is 2.28. The summed E-state index contributed by atoms with van der Waals surface area (Å²) in [7, 11) is 0. The second-order valence-electron chi connectivity index (χ2n) is 4.05. The van der Waals surface area contributed by atoms with E-state index in [2.05, 4.69) is 5.32 Å². The summed E-state index contributed by atoms with van der Waals surface area (Å²) in [6, 6.07) is 2.99. The zero-order valence-electron chi connectivity index (χ0n) is 10.0. The van der Waals surface area contributed by atoms with Crippen molar-refractivity contribution in [3.05, 3.63) is 29.3 Å². The van der Waals surface area contributed by atoms with E-state index in [0.717, 1.165) is 5.56 Å². The third kappa shape index (κ3) is 3.21. The molecule has 0 aromatic heterocycles. The zero-order chi connectivity index (χ0) is 13.9. The third-order valence-corrected chi connectivity index (χ3v) is 2.43. The van der Waals surface area contributed by atoms with Gasteiger partial charge in [0.05, 0.1) is 11.7 Å². The zero-order valence-corrected chi connectivity index (χ0v) is 10.0. The number of hydrogen-bond acceptors (Lipinski definition) is 4. The molecule has 0 radical (unpaired) electrons. The van der Waals surface area contributed by atoms with Gasteiger partial charge >= 0.3 is 5.97 Å². The maximum atomic E-state index is 11.8. The summed E-state index contributed by atoms with van der Waals surface area (Å²) in [6.45, 7) is 2.99. The Bertz CT molecular complexity index is 470. The standard InChI is InChI=1S/C12H15NO5/c1-6-3-4-9(15)8(5-6)11(16)13-10(7(2)14)12(17)18/h3-5,7,10,14-15H,1-2H3,(H,13,16)(H,17,18). The number of aryl methyl sites for hydroxylation is 1. The Labute approximate surface area is 104 Å². The first-order chi connectivity index (χ1) is 8.32. The summed E-state index contributed by atoms with van der Waals surface area (Å²) >= 11 is 0. The number of carbonyl (C=O) groups excluding carboxylic acids is 1. The topological polar surface area (TPSA) is 107 Å². The van der Waals surface area contributed by atoms with E-state index >= 15 is 0 Å². The minimum atomic E-state index is -1.42. The fraction of sp³-hybridized carbons (Fsp3) is 0.333. The Morgan fingerprint density at radius 2 is 1.94 bits per heavy atom. The number of aliphatic hydroxyl groups is 1. The number of carboxylic acid groups (broad SMARTS) is 1. The molecule has 1 amide bonds. The highest BCUT2D eigenvalue weighted by atomic mass is 16.4. The van der Waals surface area contributed by atoms with E-state index in [4.69, 9.17) is 5.11 Å². The SMILES string of the molecule is Cc1ccc(O)c(C(=O)NC(C(=O)O)C(C)O)c1. The number of rotatable bonds is 4. The van der Waals surface area contributed by atoms with Crippen molar-refractivity contribution in [2.75, 3.05) is 0 Å². The number of phenols is 1. The minimum Gasteiger partial charge on any atom is -0.507 e. The smallest absolute Gasteiger partial charge is 0.328 e. The number of phenolic OH excluding ortho intramolecular Hbond substituents is 1. The van der Waals surface area contributed by atoms with E-state index in [0.29, 0.717) is 0 Å². The van der Waals surface area contributed by atoms with Crippen LogP contribution in [0.1, 0.15) is 22.8 Å². The van der Waals surface area contributed by atoms with Crippen LogP contribution < -0.4 is 5.32 Å². The monoisotopic (exact) mass is 253 g/mol. The molecule has 1 aromatic carbocycles. The van der Waals surface area contributed by atoms with Crippen LogP contribution in [0.5, 0.6) is 5.75 Å². The van der Waals surface area contributed by atoms with Crippen LogP contribution in [-0.2, 0) is 4.79 Å². The molecule has 0 aliphatic carbocycles. The van der Waals surface area contributed by atoms with Crippen molar-refractivity contribution >= 4 is 11.9 Å². The normalized spacial score (nSPS) is 13.7. The van der Waals surface area contributed by atoms with Crippen LogP contribution in [-0.4, -0.2) is 39.3 Å². The van der Waals surface area contributed by atoms with Gasteiger partial charge in [-0.15, -0.1) is 0 Å². The Hall–Kier alpha value is -2.08. The lowest BCUT2D eigenvalue weighted by molar-refractivity contribution is -0.141. The summed E-state index contributed by atoms with van der Waals surface area (Å²) in [5, 5.41) is 29.7. The molecule has 6 heteroatoms.